The minimum Gasteiger partial charge on any atom is -0.497 e. The van der Waals surface area contributed by atoms with Crippen molar-refractivity contribution in [2.45, 2.75) is 19.5 Å². The molecule has 1 aliphatic heterocycles. The Kier molecular flexibility index (Phi) is 6.28. The van der Waals surface area contributed by atoms with Crippen molar-refractivity contribution in [3.8, 4) is 23.0 Å². The summed E-state index contributed by atoms with van der Waals surface area (Å²) in [4.78, 5) is 16.0. The van der Waals surface area contributed by atoms with Gasteiger partial charge in [0.1, 0.15) is 17.3 Å². The molecule has 3 aromatic carbocycles. The molecule has 39 heavy (non-hydrogen) atoms. The Morgan fingerprint density at radius 3 is 2.41 bits per heavy atom. The summed E-state index contributed by atoms with van der Waals surface area (Å²) in [6, 6.07) is 28.7. The van der Waals surface area contributed by atoms with Crippen LogP contribution in [0.5, 0.6) is 11.5 Å². The van der Waals surface area contributed by atoms with Gasteiger partial charge in [-0.2, -0.15) is 5.10 Å². The van der Waals surface area contributed by atoms with E-state index in [4.69, 9.17) is 14.6 Å². The van der Waals surface area contributed by atoms with E-state index < -0.39 is 6.04 Å². The molecule has 3 heterocycles. The summed E-state index contributed by atoms with van der Waals surface area (Å²) in [5.41, 5.74) is 5.33. The zero-order valence-electron chi connectivity index (χ0n) is 22.0. The van der Waals surface area contributed by atoms with E-state index in [0.717, 1.165) is 39.8 Å². The van der Waals surface area contributed by atoms with E-state index in [1.807, 2.05) is 108 Å². The van der Waals surface area contributed by atoms with Crippen LogP contribution in [-0.2, 0) is 6.54 Å². The number of amides is 2. The smallest absolute Gasteiger partial charge is 0.322 e. The Morgan fingerprint density at radius 1 is 0.897 bits per heavy atom. The van der Waals surface area contributed by atoms with Gasteiger partial charge in [-0.1, -0.05) is 36.4 Å². The van der Waals surface area contributed by atoms with E-state index in [-0.39, 0.29) is 6.03 Å². The molecule has 0 unspecified atom stereocenters. The number of hydrogen-bond donors (Lipinski definition) is 1. The lowest BCUT2D eigenvalue weighted by molar-refractivity contribution is 0.194. The number of hydrogen-bond acceptors (Lipinski definition) is 4. The number of rotatable bonds is 5. The van der Waals surface area contributed by atoms with Crippen LogP contribution in [0.1, 0.15) is 28.6 Å². The largest absolute Gasteiger partial charge is 0.497 e. The molecule has 2 aromatic heterocycles. The highest BCUT2D eigenvalue weighted by atomic mass is 16.5. The fourth-order valence-corrected chi connectivity index (χ4v) is 5.21. The molecule has 8 heteroatoms. The average molecular weight is 520 g/mol. The molecule has 8 nitrogen and oxygen atoms in total. The first-order chi connectivity index (χ1) is 19.1. The van der Waals surface area contributed by atoms with Crippen LogP contribution in [0.25, 0.3) is 11.5 Å². The summed E-state index contributed by atoms with van der Waals surface area (Å²) in [5.74, 6) is 2.32. The third-order valence-corrected chi connectivity index (χ3v) is 7.08. The number of para-hydroxylation sites is 1. The van der Waals surface area contributed by atoms with Crippen LogP contribution in [0.3, 0.4) is 0 Å². The zero-order valence-corrected chi connectivity index (χ0v) is 22.0. The van der Waals surface area contributed by atoms with Gasteiger partial charge in [0.2, 0.25) is 0 Å². The van der Waals surface area contributed by atoms with Gasteiger partial charge in [0.15, 0.2) is 0 Å². The van der Waals surface area contributed by atoms with Crippen molar-refractivity contribution in [3.05, 3.63) is 120 Å². The van der Waals surface area contributed by atoms with Crippen LogP contribution >= 0.6 is 0 Å². The van der Waals surface area contributed by atoms with Gasteiger partial charge in [0.05, 0.1) is 43.9 Å². The van der Waals surface area contributed by atoms with E-state index in [1.54, 1.807) is 14.2 Å². The molecule has 196 valence electrons. The van der Waals surface area contributed by atoms with Crippen LogP contribution in [0.15, 0.2) is 97.2 Å². The van der Waals surface area contributed by atoms with Crippen molar-refractivity contribution >= 4 is 11.7 Å². The number of ether oxygens (including phenoxy) is 2. The van der Waals surface area contributed by atoms with Crippen molar-refractivity contribution in [1.29, 1.82) is 0 Å². The number of nitrogens with zero attached hydrogens (tertiary/aromatic N) is 4. The van der Waals surface area contributed by atoms with Crippen molar-refractivity contribution in [3.63, 3.8) is 0 Å². The highest BCUT2D eigenvalue weighted by molar-refractivity contribution is 5.90. The Labute approximate surface area is 227 Å². The van der Waals surface area contributed by atoms with Gasteiger partial charge in [0, 0.05) is 23.5 Å². The van der Waals surface area contributed by atoms with Crippen LogP contribution in [0, 0.1) is 6.92 Å². The maximum atomic E-state index is 14.1. The minimum atomic E-state index is -0.392. The van der Waals surface area contributed by atoms with E-state index in [9.17, 15) is 4.79 Å². The number of nitrogens with one attached hydrogen (secondary N) is 1. The summed E-state index contributed by atoms with van der Waals surface area (Å²) >= 11 is 0. The second-order valence-corrected chi connectivity index (χ2v) is 9.41. The number of aryl methyl sites for hydroxylation is 1. The summed E-state index contributed by atoms with van der Waals surface area (Å²) in [7, 11) is 3.26. The van der Waals surface area contributed by atoms with E-state index in [0.29, 0.717) is 18.0 Å². The predicted octanol–water partition coefficient (Wildman–Crippen LogP) is 6.13. The SMILES string of the molecule is COc1cccc(NC(=O)N2Cc3c(C)nn(-c4ccccc4)c3-n3cccc3[C@H]2c2cccc(OC)c2)c1. The number of methoxy groups -OCH3 is 2. The van der Waals surface area contributed by atoms with Gasteiger partial charge in [-0.05, 0) is 61.0 Å². The van der Waals surface area contributed by atoms with Crippen LogP contribution in [0.4, 0.5) is 10.5 Å². The van der Waals surface area contributed by atoms with Gasteiger partial charge in [-0.25, -0.2) is 9.48 Å². The maximum absolute atomic E-state index is 14.1. The highest BCUT2D eigenvalue weighted by Crippen LogP contribution is 2.39. The molecule has 5 aromatic rings. The molecule has 0 spiro atoms. The second kappa shape index (κ2) is 10.1. The van der Waals surface area contributed by atoms with Crippen molar-refractivity contribution < 1.29 is 14.3 Å². The number of benzene rings is 3. The zero-order chi connectivity index (χ0) is 26.9. The normalized spacial score (nSPS) is 14.2. The lowest BCUT2D eigenvalue weighted by Crippen LogP contribution is -2.38. The van der Waals surface area contributed by atoms with E-state index in [1.165, 1.54) is 0 Å². The summed E-state index contributed by atoms with van der Waals surface area (Å²) in [6.45, 7) is 2.35. The van der Waals surface area contributed by atoms with Crippen LogP contribution in [0.2, 0.25) is 0 Å². The van der Waals surface area contributed by atoms with Gasteiger partial charge < -0.3 is 24.3 Å². The topological polar surface area (TPSA) is 73.5 Å². The molecule has 0 saturated heterocycles. The number of aromatic nitrogens is 3. The lowest BCUT2D eigenvalue weighted by atomic mass is 10.0. The first kappa shape index (κ1) is 24.4. The Balaban J connectivity index is 1.53. The maximum Gasteiger partial charge on any atom is 0.322 e. The highest BCUT2D eigenvalue weighted by Gasteiger charge is 2.36. The number of carbonyl (C=O) groups excluding carboxylic acids is 1. The van der Waals surface area contributed by atoms with Gasteiger partial charge >= 0.3 is 6.03 Å². The van der Waals surface area contributed by atoms with Gasteiger partial charge in [-0.3, -0.25) is 0 Å². The third-order valence-electron chi connectivity index (χ3n) is 7.08. The number of fused-ring (bicyclic) bond motifs is 3. The molecule has 2 amide bonds. The minimum absolute atomic E-state index is 0.233. The molecular formula is C31H29N5O3. The van der Waals surface area contributed by atoms with Crippen molar-refractivity contribution in [2.75, 3.05) is 19.5 Å². The number of anilines is 1. The summed E-state index contributed by atoms with van der Waals surface area (Å²) < 4.78 is 15.0. The van der Waals surface area contributed by atoms with Crippen LogP contribution in [-0.4, -0.2) is 39.5 Å². The Morgan fingerprint density at radius 2 is 1.64 bits per heavy atom. The lowest BCUT2D eigenvalue weighted by Gasteiger charge is -2.31. The Hall–Kier alpha value is -4.98. The quantitative estimate of drug-likeness (QED) is 0.303. The van der Waals surface area contributed by atoms with Gasteiger partial charge in [0.25, 0.3) is 0 Å². The van der Waals surface area contributed by atoms with E-state index in [2.05, 4.69) is 16.0 Å². The standard InChI is InChI=1S/C31H29N5O3/c1-21-27-20-35(31(37)32-23-11-8-15-26(19-23)39-3)29(22-10-7-14-25(18-22)38-2)28-16-9-17-34(28)30(27)36(33-21)24-12-5-4-6-13-24/h4-19,29H,20H2,1-3H3,(H,32,37)/t29-/m1/s1. The molecular weight excluding hydrogens is 490 g/mol. The molecule has 0 aliphatic carbocycles. The fraction of sp³-hybridized carbons (Fsp3) is 0.161. The molecule has 0 radical (unpaired) electrons. The first-order valence-electron chi connectivity index (χ1n) is 12.7. The number of urea groups is 1. The fourth-order valence-electron chi connectivity index (χ4n) is 5.21. The summed E-state index contributed by atoms with van der Waals surface area (Å²) in [5, 5.41) is 8.00. The van der Waals surface area contributed by atoms with Crippen LogP contribution < -0.4 is 14.8 Å². The van der Waals surface area contributed by atoms with E-state index >= 15 is 0 Å². The molecule has 0 saturated carbocycles. The predicted molar refractivity (Wildman–Crippen MR) is 150 cm³/mol. The molecule has 6 rings (SSSR count). The first-order valence-corrected chi connectivity index (χ1v) is 12.7. The number of carbonyl (C=O) groups is 1. The van der Waals surface area contributed by atoms with Crippen molar-refractivity contribution in [2.24, 2.45) is 0 Å². The average Bonchev–Trinajstić information content (AvgIpc) is 3.53. The molecule has 0 fully saturated rings. The second-order valence-electron chi connectivity index (χ2n) is 9.41. The van der Waals surface area contributed by atoms with Crippen molar-refractivity contribution in [1.82, 2.24) is 19.2 Å². The Bertz CT molecular complexity index is 1640. The molecule has 1 aliphatic rings. The third kappa shape index (κ3) is 4.40. The molecule has 1 atom stereocenters. The summed E-state index contributed by atoms with van der Waals surface area (Å²) in [6.07, 6.45) is 2.03. The molecule has 0 bridgehead atoms. The monoisotopic (exact) mass is 519 g/mol. The van der Waals surface area contributed by atoms with Gasteiger partial charge in [-0.15, -0.1) is 0 Å². The molecule has 1 N–H and O–H groups in total.